The normalized spacial score (nSPS) is 12.4. The van der Waals surface area contributed by atoms with E-state index in [0.717, 1.165) is 19.4 Å². The van der Waals surface area contributed by atoms with E-state index in [-0.39, 0.29) is 0 Å². The summed E-state index contributed by atoms with van der Waals surface area (Å²) in [5.74, 6) is 0.427. The minimum atomic E-state index is -0.598. The molecule has 0 fully saturated rings. The molecule has 0 saturated carbocycles. The smallest absolute Gasteiger partial charge is 0.318 e. The number of carbonyl (C=O) groups excluding carboxylic acids is 1. The monoisotopic (exact) mass is 214 g/mol. The number of urea groups is 1. The van der Waals surface area contributed by atoms with Crippen LogP contribution >= 0.6 is 0 Å². The van der Waals surface area contributed by atoms with Gasteiger partial charge in [-0.05, 0) is 18.3 Å². The number of nitrogens with two attached hydrogens (primary N) is 1. The summed E-state index contributed by atoms with van der Waals surface area (Å²) in [6.45, 7) is 7.38. The molecule has 0 aliphatic carbocycles. The van der Waals surface area contributed by atoms with Gasteiger partial charge in [-0.2, -0.15) is 0 Å². The Kier molecular flexibility index (Phi) is 5.74. The van der Waals surface area contributed by atoms with Gasteiger partial charge in [0, 0.05) is 13.6 Å². The second kappa shape index (κ2) is 6.27. The first-order chi connectivity index (χ1) is 6.85. The van der Waals surface area contributed by atoms with Crippen LogP contribution in [0.15, 0.2) is 4.99 Å². The minimum absolute atomic E-state index is 0.336. The van der Waals surface area contributed by atoms with Gasteiger partial charge in [0.05, 0.1) is 0 Å². The van der Waals surface area contributed by atoms with Gasteiger partial charge in [0.15, 0.2) is 5.96 Å². The number of nitrogens with zero attached hydrogens (tertiary/aromatic N) is 1. The molecule has 0 unspecified atom stereocenters. The fourth-order valence-electron chi connectivity index (χ4n) is 1.12. The fourth-order valence-corrected chi connectivity index (χ4v) is 1.12. The summed E-state index contributed by atoms with van der Waals surface area (Å²) in [7, 11) is 1.60. The van der Waals surface area contributed by atoms with E-state index in [1.54, 1.807) is 7.05 Å². The van der Waals surface area contributed by atoms with Crippen LogP contribution in [0.25, 0.3) is 0 Å². The topological polar surface area (TPSA) is 79.5 Å². The van der Waals surface area contributed by atoms with Crippen LogP contribution in [0.3, 0.4) is 0 Å². The zero-order valence-electron chi connectivity index (χ0n) is 10.1. The van der Waals surface area contributed by atoms with Crippen LogP contribution in [-0.2, 0) is 0 Å². The Morgan fingerprint density at radius 2 is 2.00 bits per heavy atom. The van der Waals surface area contributed by atoms with Crippen molar-refractivity contribution in [1.82, 2.24) is 10.6 Å². The summed E-state index contributed by atoms with van der Waals surface area (Å²) in [6, 6.07) is -0.598. The third-order valence-electron chi connectivity index (χ3n) is 1.86. The number of aliphatic imine (C=N–C) groups is 1. The lowest BCUT2D eigenvalue weighted by molar-refractivity contribution is 0.252. The van der Waals surface area contributed by atoms with Gasteiger partial charge in [0.25, 0.3) is 0 Å². The van der Waals surface area contributed by atoms with E-state index < -0.39 is 6.03 Å². The number of hydrogen-bond acceptors (Lipinski definition) is 2. The van der Waals surface area contributed by atoms with Crippen LogP contribution in [0.5, 0.6) is 0 Å². The second-order valence-corrected chi connectivity index (χ2v) is 4.65. The van der Waals surface area contributed by atoms with Crippen molar-refractivity contribution in [3.05, 3.63) is 0 Å². The van der Waals surface area contributed by atoms with Gasteiger partial charge < -0.3 is 11.1 Å². The lowest BCUT2D eigenvalue weighted by atomic mass is 9.91. The third-order valence-corrected chi connectivity index (χ3v) is 1.86. The molecule has 0 aromatic carbocycles. The Morgan fingerprint density at radius 3 is 2.40 bits per heavy atom. The Hall–Kier alpha value is -1.26. The van der Waals surface area contributed by atoms with E-state index in [2.05, 4.69) is 36.4 Å². The van der Waals surface area contributed by atoms with Gasteiger partial charge in [-0.15, -0.1) is 0 Å². The maximum Gasteiger partial charge on any atom is 0.318 e. The molecule has 0 radical (unpaired) electrons. The second-order valence-electron chi connectivity index (χ2n) is 4.65. The number of hydrogen-bond donors (Lipinski definition) is 3. The Balaban J connectivity index is 3.70. The van der Waals surface area contributed by atoms with Crippen LogP contribution in [0.2, 0.25) is 0 Å². The first-order valence-electron chi connectivity index (χ1n) is 5.12. The number of carbonyl (C=O) groups is 1. The summed E-state index contributed by atoms with van der Waals surface area (Å²) in [5.41, 5.74) is 5.31. The van der Waals surface area contributed by atoms with E-state index in [0.29, 0.717) is 11.4 Å². The molecule has 0 aromatic heterocycles. The van der Waals surface area contributed by atoms with E-state index in [1.807, 2.05) is 0 Å². The van der Waals surface area contributed by atoms with Crippen molar-refractivity contribution in [1.29, 1.82) is 0 Å². The lowest BCUT2D eigenvalue weighted by Crippen LogP contribution is -2.43. The highest BCUT2D eigenvalue weighted by atomic mass is 16.2. The number of amides is 2. The van der Waals surface area contributed by atoms with Crippen LogP contribution in [0.1, 0.15) is 33.6 Å². The molecule has 0 spiro atoms. The zero-order valence-corrected chi connectivity index (χ0v) is 10.1. The van der Waals surface area contributed by atoms with Crippen molar-refractivity contribution in [3.8, 4) is 0 Å². The molecule has 0 aliphatic rings. The van der Waals surface area contributed by atoms with Crippen molar-refractivity contribution in [3.63, 3.8) is 0 Å². The highest BCUT2D eigenvalue weighted by Crippen LogP contribution is 2.19. The molecule has 0 rings (SSSR count). The van der Waals surface area contributed by atoms with Crippen LogP contribution in [0.4, 0.5) is 4.79 Å². The maximum atomic E-state index is 10.6. The number of rotatable bonds is 3. The SMILES string of the molecule is CN=C(NCCCC(C)(C)C)NC(N)=O. The number of guanidine groups is 1. The van der Waals surface area contributed by atoms with Crippen LogP contribution in [-0.4, -0.2) is 25.6 Å². The van der Waals surface area contributed by atoms with Crippen molar-refractivity contribution < 1.29 is 4.79 Å². The first kappa shape index (κ1) is 13.7. The molecular formula is C10H22N4O. The van der Waals surface area contributed by atoms with Gasteiger partial charge in [-0.3, -0.25) is 10.3 Å². The molecule has 0 saturated heterocycles. The largest absolute Gasteiger partial charge is 0.356 e. The molecule has 5 nitrogen and oxygen atoms in total. The van der Waals surface area contributed by atoms with Gasteiger partial charge in [-0.25, -0.2) is 4.79 Å². The van der Waals surface area contributed by atoms with Crippen molar-refractivity contribution in [2.75, 3.05) is 13.6 Å². The maximum absolute atomic E-state index is 10.6. The molecule has 4 N–H and O–H groups in total. The summed E-state index contributed by atoms with van der Waals surface area (Å²) < 4.78 is 0. The van der Waals surface area contributed by atoms with Gasteiger partial charge in [0.2, 0.25) is 0 Å². The summed E-state index contributed by atoms with van der Waals surface area (Å²) in [4.78, 5) is 14.4. The standard InChI is InChI=1S/C10H22N4O/c1-10(2,3)6-5-7-13-9(12-4)14-8(11)15/h5-7H2,1-4H3,(H4,11,12,13,14,15). The molecule has 0 aliphatic heterocycles. The van der Waals surface area contributed by atoms with E-state index >= 15 is 0 Å². The quantitative estimate of drug-likeness (QED) is 0.373. The number of primary amides is 1. The van der Waals surface area contributed by atoms with Crippen LogP contribution in [0, 0.1) is 5.41 Å². The highest BCUT2D eigenvalue weighted by Gasteiger charge is 2.09. The molecule has 15 heavy (non-hydrogen) atoms. The van der Waals surface area contributed by atoms with Gasteiger partial charge >= 0.3 is 6.03 Å². The molecule has 5 heteroatoms. The summed E-state index contributed by atoms with van der Waals surface area (Å²) >= 11 is 0. The molecule has 0 aromatic rings. The van der Waals surface area contributed by atoms with Gasteiger partial charge in [0.1, 0.15) is 0 Å². The van der Waals surface area contributed by atoms with Crippen molar-refractivity contribution >= 4 is 12.0 Å². The predicted molar refractivity (Wildman–Crippen MR) is 62.8 cm³/mol. The van der Waals surface area contributed by atoms with E-state index in [1.165, 1.54) is 0 Å². The first-order valence-corrected chi connectivity index (χ1v) is 5.12. The zero-order chi connectivity index (χ0) is 11.9. The summed E-state index contributed by atoms with van der Waals surface area (Å²) in [5, 5.41) is 5.42. The van der Waals surface area contributed by atoms with E-state index in [4.69, 9.17) is 5.73 Å². The summed E-state index contributed by atoms with van der Waals surface area (Å²) in [6.07, 6.45) is 2.15. The fraction of sp³-hybridized carbons (Fsp3) is 0.800. The molecule has 0 bridgehead atoms. The molecule has 88 valence electrons. The molecule has 0 atom stereocenters. The van der Waals surface area contributed by atoms with Crippen molar-refractivity contribution in [2.45, 2.75) is 33.6 Å². The molecule has 0 heterocycles. The van der Waals surface area contributed by atoms with Crippen molar-refractivity contribution in [2.24, 2.45) is 16.1 Å². The average molecular weight is 214 g/mol. The minimum Gasteiger partial charge on any atom is -0.356 e. The van der Waals surface area contributed by atoms with E-state index in [9.17, 15) is 4.79 Å². The number of nitrogens with one attached hydrogen (secondary N) is 2. The Bertz CT molecular complexity index is 230. The average Bonchev–Trinajstić information content (AvgIpc) is 2.08. The molecular weight excluding hydrogens is 192 g/mol. The molecule has 2 amide bonds. The van der Waals surface area contributed by atoms with Crippen LogP contribution < -0.4 is 16.4 Å². The third kappa shape index (κ3) is 9.05. The highest BCUT2D eigenvalue weighted by molar-refractivity contribution is 5.95. The Labute approximate surface area is 91.5 Å². The van der Waals surface area contributed by atoms with Gasteiger partial charge in [-0.1, -0.05) is 20.8 Å². The lowest BCUT2D eigenvalue weighted by Gasteiger charge is -2.18. The predicted octanol–water partition coefficient (Wildman–Crippen LogP) is 1.06. The Morgan fingerprint density at radius 1 is 1.40 bits per heavy atom.